The molecule has 0 amide bonds. The number of aromatic nitrogens is 1. The second-order valence-corrected chi connectivity index (χ2v) is 6.69. The predicted octanol–water partition coefficient (Wildman–Crippen LogP) is 3.11. The average molecular weight is 319 g/mol. The molecule has 0 saturated heterocycles. The Bertz CT molecular complexity index is 924. The van der Waals surface area contributed by atoms with Crippen molar-refractivity contribution in [2.24, 2.45) is 0 Å². The van der Waals surface area contributed by atoms with Crippen LogP contribution < -0.4 is 5.32 Å². The quantitative estimate of drug-likeness (QED) is 0.806. The molecule has 0 fully saturated rings. The van der Waals surface area contributed by atoms with E-state index in [0.29, 0.717) is 6.54 Å². The zero-order valence-electron chi connectivity index (χ0n) is 14.0. The number of carbonyl (C=O) groups is 1. The summed E-state index contributed by atoms with van der Waals surface area (Å²) < 4.78 is 1.77. The first-order valence-corrected chi connectivity index (χ1v) is 8.24. The lowest BCUT2D eigenvalue weighted by molar-refractivity contribution is 0.0920. The Morgan fingerprint density at radius 2 is 1.96 bits per heavy atom. The molecule has 3 aromatic rings. The molecular weight excluding hydrogens is 298 g/mol. The van der Waals surface area contributed by atoms with Crippen molar-refractivity contribution >= 4 is 16.8 Å². The van der Waals surface area contributed by atoms with Crippen molar-refractivity contribution in [1.29, 1.82) is 0 Å². The molecule has 0 radical (unpaired) electrons. The van der Waals surface area contributed by atoms with E-state index in [1.165, 1.54) is 22.3 Å². The van der Waals surface area contributed by atoms with E-state index in [1.54, 1.807) is 4.57 Å². The Morgan fingerprint density at radius 3 is 2.79 bits per heavy atom. The summed E-state index contributed by atoms with van der Waals surface area (Å²) in [6.45, 7) is 2.03. The third-order valence-electron chi connectivity index (χ3n) is 4.48. The Kier molecular flexibility index (Phi) is 3.71. The van der Waals surface area contributed by atoms with Crippen molar-refractivity contribution in [3.63, 3.8) is 0 Å². The fourth-order valence-electron chi connectivity index (χ4n) is 3.48. The predicted molar refractivity (Wildman–Crippen MR) is 97.1 cm³/mol. The molecule has 0 unspecified atom stereocenters. The van der Waals surface area contributed by atoms with Crippen LogP contribution in [0.15, 0.2) is 48.7 Å². The molecule has 1 aliphatic heterocycles. The van der Waals surface area contributed by atoms with E-state index in [1.807, 2.05) is 12.3 Å². The molecule has 4 rings (SSSR count). The molecule has 2 aromatic carbocycles. The highest BCUT2D eigenvalue weighted by Crippen LogP contribution is 2.30. The molecule has 1 aliphatic rings. The molecule has 1 N–H and O–H groups in total. The van der Waals surface area contributed by atoms with Gasteiger partial charge in [-0.3, -0.25) is 9.36 Å². The van der Waals surface area contributed by atoms with Gasteiger partial charge in [0.05, 0.1) is 12.1 Å². The van der Waals surface area contributed by atoms with Gasteiger partial charge in [0.15, 0.2) is 0 Å². The van der Waals surface area contributed by atoms with Gasteiger partial charge in [0.1, 0.15) is 0 Å². The molecule has 0 atom stereocenters. The van der Waals surface area contributed by atoms with Crippen LogP contribution in [0, 0.1) is 0 Å². The molecule has 0 saturated carbocycles. The van der Waals surface area contributed by atoms with Gasteiger partial charge in [-0.2, -0.15) is 0 Å². The lowest BCUT2D eigenvalue weighted by Gasteiger charge is -2.12. The van der Waals surface area contributed by atoms with Gasteiger partial charge in [0.2, 0.25) is 5.91 Å². The molecule has 4 heteroatoms. The molecule has 122 valence electrons. The van der Waals surface area contributed by atoms with E-state index in [-0.39, 0.29) is 5.91 Å². The second-order valence-electron chi connectivity index (χ2n) is 6.69. The maximum atomic E-state index is 12.2. The van der Waals surface area contributed by atoms with Crippen LogP contribution in [-0.4, -0.2) is 36.0 Å². The number of nitrogens with one attached hydrogen (secondary N) is 1. The number of nitrogens with zero attached hydrogens (tertiary/aromatic N) is 2. The third-order valence-corrected chi connectivity index (χ3v) is 4.48. The highest BCUT2D eigenvalue weighted by atomic mass is 16.2. The van der Waals surface area contributed by atoms with E-state index in [9.17, 15) is 4.79 Å². The van der Waals surface area contributed by atoms with Crippen molar-refractivity contribution in [1.82, 2.24) is 14.8 Å². The van der Waals surface area contributed by atoms with Crippen molar-refractivity contribution in [3.8, 4) is 11.1 Å². The minimum Gasteiger partial charge on any atom is -0.305 e. The largest absolute Gasteiger partial charge is 0.305 e. The fourth-order valence-corrected chi connectivity index (χ4v) is 3.48. The summed E-state index contributed by atoms with van der Waals surface area (Å²) in [5.74, 6) is 0.101. The maximum absolute atomic E-state index is 12.2. The normalized spacial score (nSPS) is 14.4. The minimum atomic E-state index is 0.101. The van der Waals surface area contributed by atoms with Gasteiger partial charge in [-0.25, -0.2) is 0 Å². The summed E-state index contributed by atoms with van der Waals surface area (Å²) in [6, 6.07) is 15.1. The standard InChI is InChI=1S/C20H21N3O/c1-22(2)13-14-4-3-5-15(8-14)17-9-16-6-7-23-19(24)12-21-11-18(10-17)20(16)23/h3-10,21H,11-13H2,1-2H3. The summed E-state index contributed by atoms with van der Waals surface area (Å²) in [5, 5.41) is 4.35. The van der Waals surface area contributed by atoms with Crippen LogP contribution in [0.5, 0.6) is 0 Å². The molecule has 1 aromatic heterocycles. The van der Waals surface area contributed by atoms with Crippen molar-refractivity contribution in [2.45, 2.75) is 13.1 Å². The fraction of sp³-hybridized carbons (Fsp3) is 0.250. The highest BCUT2D eigenvalue weighted by molar-refractivity contribution is 5.97. The zero-order valence-corrected chi connectivity index (χ0v) is 14.0. The monoisotopic (exact) mass is 319 g/mol. The molecule has 0 aliphatic carbocycles. The van der Waals surface area contributed by atoms with E-state index < -0.39 is 0 Å². The number of hydrogen-bond acceptors (Lipinski definition) is 3. The number of carbonyl (C=O) groups excluding carboxylic acids is 1. The first-order chi connectivity index (χ1) is 11.6. The number of hydrogen-bond donors (Lipinski definition) is 1. The first-order valence-electron chi connectivity index (χ1n) is 8.24. The third kappa shape index (κ3) is 2.64. The summed E-state index contributed by atoms with van der Waals surface area (Å²) >= 11 is 0. The Hall–Kier alpha value is -2.43. The SMILES string of the molecule is CN(C)Cc1cccc(-c2cc3c4c(ccn4C(=O)CNC3)c2)c1. The van der Waals surface area contributed by atoms with Crippen LogP contribution in [0.4, 0.5) is 0 Å². The smallest absolute Gasteiger partial charge is 0.245 e. The van der Waals surface area contributed by atoms with Gasteiger partial charge in [-0.1, -0.05) is 18.2 Å². The van der Waals surface area contributed by atoms with Crippen molar-refractivity contribution < 1.29 is 4.79 Å². The Labute approximate surface area is 141 Å². The van der Waals surface area contributed by atoms with Gasteiger partial charge in [0.25, 0.3) is 0 Å². The summed E-state index contributed by atoms with van der Waals surface area (Å²) in [5.41, 5.74) is 5.94. The van der Waals surface area contributed by atoms with Crippen molar-refractivity contribution in [2.75, 3.05) is 20.6 Å². The van der Waals surface area contributed by atoms with Crippen LogP contribution in [0.2, 0.25) is 0 Å². The van der Waals surface area contributed by atoms with Crippen LogP contribution in [0.25, 0.3) is 22.0 Å². The molecule has 0 bridgehead atoms. The Morgan fingerprint density at radius 1 is 1.08 bits per heavy atom. The van der Waals surface area contributed by atoms with E-state index in [4.69, 9.17) is 0 Å². The van der Waals surface area contributed by atoms with Gasteiger partial charge in [0, 0.05) is 24.7 Å². The molecule has 24 heavy (non-hydrogen) atoms. The number of rotatable bonds is 3. The lowest BCUT2D eigenvalue weighted by Crippen LogP contribution is -2.23. The highest BCUT2D eigenvalue weighted by Gasteiger charge is 2.17. The lowest BCUT2D eigenvalue weighted by atomic mass is 9.98. The summed E-state index contributed by atoms with van der Waals surface area (Å²) in [6.07, 6.45) is 1.88. The van der Waals surface area contributed by atoms with Gasteiger partial charge in [-0.05, 0) is 60.6 Å². The van der Waals surface area contributed by atoms with Crippen molar-refractivity contribution in [3.05, 3.63) is 59.8 Å². The number of benzene rings is 2. The molecule has 4 nitrogen and oxygen atoms in total. The van der Waals surface area contributed by atoms with Gasteiger partial charge in [-0.15, -0.1) is 0 Å². The second kappa shape index (κ2) is 5.89. The van der Waals surface area contributed by atoms with Crippen LogP contribution in [-0.2, 0) is 13.1 Å². The van der Waals surface area contributed by atoms with Crippen LogP contribution in [0.3, 0.4) is 0 Å². The summed E-state index contributed by atoms with van der Waals surface area (Å²) in [7, 11) is 4.16. The van der Waals surface area contributed by atoms with E-state index >= 15 is 0 Å². The molecular formula is C20H21N3O. The Balaban J connectivity index is 1.83. The maximum Gasteiger partial charge on any atom is 0.245 e. The van der Waals surface area contributed by atoms with E-state index in [2.05, 4.69) is 60.7 Å². The van der Waals surface area contributed by atoms with Gasteiger partial charge >= 0.3 is 0 Å². The van der Waals surface area contributed by atoms with E-state index in [0.717, 1.165) is 24.0 Å². The summed E-state index contributed by atoms with van der Waals surface area (Å²) in [4.78, 5) is 14.3. The van der Waals surface area contributed by atoms with Crippen LogP contribution >= 0.6 is 0 Å². The zero-order chi connectivity index (χ0) is 16.7. The minimum absolute atomic E-state index is 0.101. The molecule has 2 heterocycles. The van der Waals surface area contributed by atoms with Gasteiger partial charge < -0.3 is 10.2 Å². The molecule has 0 spiro atoms. The first kappa shape index (κ1) is 15.1. The van der Waals surface area contributed by atoms with Crippen LogP contribution in [0.1, 0.15) is 15.9 Å². The average Bonchev–Trinajstić information content (AvgIpc) is 2.91. The topological polar surface area (TPSA) is 37.3 Å².